The van der Waals surface area contributed by atoms with Gasteiger partial charge in [-0.3, -0.25) is 10.1 Å². The third-order valence-electron chi connectivity index (χ3n) is 8.15. The fraction of sp³-hybridized carbons (Fsp3) is 0.290. The fourth-order valence-electron chi connectivity index (χ4n) is 5.88. The van der Waals surface area contributed by atoms with Gasteiger partial charge in [0.1, 0.15) is 0 Å². The lowest BCUT2D eigenvalue weighted by atomic mass is 10.0. The number of aryl methyl sites for hydroxylation is 1. The molecule has 0 radical (unpaired) electrons. The van der Waals surface area contributed by atoms with Gasteiger partial charge in [0, 0.05) is 61.1 Å². The van der Waals surface area contributed by atoms with Crippen molar-refractivity contribution in [3.63, 3.8) is 0 Å². The zero-order valence-electron chi connectivity index (χ0n) is 23.6. The van der Waals surface area contributed by atoms with Gasteiger partial charge in [0.25, 0.3) is 5.89 Å². The number of pyridine rings is 1. The zero-order valence-corrected chi connectivity index (χ0v) is 23.6. The molecule has 2 aliphatic heterocycles. The predicted molar refractivity (Wildman–Crippen MR) is 157 cm³/mol. The van der Waals surface area contributed by atoms with Gasteiger partial charge in [-0.2, -0.15) is 10.1 Å². The first kappa shape index (κ1) is 26.6. The number of rotatable bonds is 6. The van der Waals surface area contributed by atoms with Crippen molar-refractivity contribution in [1.29, 1.82) is 0 Å². The van der Waals surface area contributed by atoms with E-state index in [2.05, 4.69) is 30.6 Å². The van der Waals surface area contributed by atoms with Crippen LogP contribution in [0.5, 0.6) is 0 Å². The van der Waals surface area contributed by atoms with Crippen LogP contribution in [0, 0.1) is 6.92 Å². The Hall–Kier alpha value is -5.26. The maximum Gasteiger partial charge on any atom is 0.410 e. The average molecular weight is 579 g/mol. The van der Waals surface area contributed by atoms with E-state index in [1.165, 1.54) is 0 Å². The molecular weight excluding hydrogens is 548 g/mol. The van der Waals surface area contributed by atoms with Gasteiger partial charge in [0.05, 0.1) is 11.7 Å². The largest absolute Gasteiger partial charge is 0.436 e. The number of nitrogens with one attached hydrogen (secondary N) is 2. The number of ether oxygens (including phenoxy) is 1. The molecule has 0 aliphatic carbocycles. The van der Waals surface area contributed by atoms with Gasteiger partial charge in [0.15, 0.2) is 6.10 Å². The summed E-state index contributed by atoms with van der Waals surface area (Å²) in [6, 6.07) is 15.4. The van der Waals surface area contributed by atoms with Gasteiger partial charge in [-0.05, 0) is 60.7 Å². The maximum atomic E-state index is 13.5. The minimum atomic E-state index is -0.804. The monoisotopic (exact) mass is 578 g/mol. The number of likely N-dealkylation sites (tertiary alicyclic amines) is 1. The first-order valence-electron chi connectivity index (χ1n) is 14.3. The summed E-state index contributed by atoms with van der Waals surface area (Å²) in [4.78, 5) is 38.5. The van der Waals surface area contributed by atoms with Crippen LogP contribution >= 0.6 is 0 Å². The Morgan fingerprint density at radius 2 is 1.95 bits per heavy atom. The fourth-order valence-corrected chi connectivity index (χ4v) is 5.88. The smallest absolute Gasteiger partial charge is 0.410 e. The molecule has 2 aromatic carbocycles. The predicted octanol–water partition coefficient (Wildman–Crippen LogP) is 5.25. The van der Waals surface area contributed by atoms with E-state index in [4.69, 9.17) is 9.26 Å². The molecule has 5 aromatic rings. The van der Waals surface area contributed by atoms with Crippen LogP contribution in [0.1, 0.15) is 41.5 Å². The van der Waals surface area contributed by atoms with Crippen LogP contribution in [0.25, 0.3) is 22.3 Å². The van der Waals surface area contributed by atoms with E-state index in [0.717, 1.165) is 38.8 Å². The highest BCUT2D eigenvalue weighted by Crippen LogP contribution is 2.30. The van der Waals surface area contributed by atoms with E-state index < -0.39 is 12.2 Å². The topological polar surface area (TPSA) is 142 Å². The molecule has 12 heteroatoms. The van der Waals surface area contributed by atoms with E-state index in [9.17, 15) is 9.59 Å². The molecule has 1 fully saturated rings. The molecule has 7 rings (SSSR count). The molecule has 0 unspecified atom stereocenters. The number of piperidine rings is 1. The molecule has 3 amide bonds. The number of hydrogen-bond donors (Lipinski definition) is 2. The molecule has 0 saturated carbocycles. The van der Waals surface area contributed by atoms with Crippen molar-refractivity contribution >= 4 is 28.7 Å². The lowest BCUT2D eigenvalue weighted by molar-refractivity contribution is 0.0358. The van der Waals surface area contributed by atoms with Gasteiger partial charge in [-0.25, -0.2) is 9.59 Å². The molecule has 218 valence electrons. The quantitative estimate of drug-likeness (QED) is 0.278. The Bertz CT molecular complexity index is 1780. The number of H-pyrrole nitrogens is 1. The average Bonchev–Trinajstić information content (AvgIpc) is 3.72. The minimum absolute atomic E-state index is 0.0247. The Morgan fingerprint density at radius 3 is 2.79 bits per heavy atom. The van der Waals surface area contributed by atoms with Crippen molar-refractivity contribution in [1.82, 2.24) is 35.1 Å². The van der Waals surface area contributed by atoms with Crippen LogP contribution in [0.15, 0.2) is 71.6 Å². The van der Waals surface area contributed by atoms with Gasteiger partial charge >= 0.3 is 12.1 Å². The molecule has 2 N–H and O–H groups in total. The van der Waals surface area contributed by atoms with Crippen molar-refractivity contribution in [3.05, 3.63) is 89.7 Å². The Labute approximate surface area is 247 Å². The third kappa shape index (κ3) is 5.39. The highest BCUT2D eigenvalue weighted by atomic mass is 16.6. The summed E-state index contributed by atoms with van der Waals surface area (Å²) in [7, 11) is 0. The Kier molecular flexibility index (Phi) is 6.93. The number of aromatic nitrogens is 5. The van der Waals surface area contributed by atoms with E-state index in [1.807, 2.05) is 48.2 Å². The number of carbonyl (C=O) groups excluding carboxylic acids is 2. The second-order valence-corrected chi connectivity index (χ2v) is 10.9. The first-order chi connectivity index (χ1) is 21.0. The maximum absolute atomic E-state index is 13.5. The summed E-state index contributed by atoms with van der Waals surface area (Å²) in [6.07, 6.45) is 5.46. The Morgan fingerprint density at radius 1 is 1.14 bits per heavy atom. The summed E-state index contributed by atoms with van der Waals surface area (Å²) in [5, 5.41) is 15.3. The zero-order chi connectivity index (χ0) is 29.3. The van der Waals surface area contributed by atoms with Crippen molar-refractivity contribution in [2.24, 2.45) is 0 Å². The summed E-state index contributed by atoms with van der Waals surface area (Å²) >= 11 is 0. The van der Waals surface area contributed by atoms with Crippen LogP contribution in [0.2, 0.25) is 0 Å². The SMILES string of the molecule is Cc1cc(C[C@@H](OC(=O)N2CCC(N3Cc4ccccc4NC3=O)CC2)c2nc(-c3ccncc3)no2)cc2cn[nH]c12. The number of hydrogen-bond acceptors (Lipinski definition) is 8. The van der Waals surface area contributed by atoms with E-state index in [1.54, 1.807) is 35.6 Å². The molecule has 5 heterocycles. The molecule has 43 heavy (non-hydrogen) atoms. The summed E-state index contributed by atoms with van der Waals surface area (Å²) in [6.45, 7) is 3.49. The lowest BCUT2D eigenvalue weighted by Crippen LogP contribution is -2.51. The van der Waals surface area contributed by atoms with Gasteiger partial charge in [-0.15, -0.1) is 0 Å². The van der Waals surface area contributed by atoms with Gasteiger partial charge in [0.2, 0.25) is 5.82 Å². The number of para-hydroxylation sites is 1. The second kappa shape index (κ2) is 11.2. The first-order valence-corrected chi connectivity index (χ1v) is 14.3. The number of nitrogens with zero attached hydrogens (tertiary/aromatic N) is 6. The minimum Gasteiger partial charge on any atom is -0.436 e. The van der Waals surface area contributed by atoms with Gasteiger partial charge in [-0.1, -0.05) is 29.4 Å². The van der Waals surface area contributed by atoms with Crippen LogP contribution in [0.3, 0.4) is 0 Å². The van der Waals surface area contributed by atoms with Crippen LogP contribution < -0.4 is 5.32 Å². The number of benzene rings is 2. The summed E-state index contributed by atoms with van der Waals surface area (Å²) in [5.41, 5.74) is 5.63. The standard InChI is InChI=1S/C31H30N8O4/c1-19-14-20(15-23-17-33-36-27(19)23)16-26(29-35-28(37-43-29)21-6-10-32-11-7-21)42-31(41)38-12-8-24(9-13-38)39-18-22-4-2-3-5-25(22)34-30(39)40/h2-7,10-11,14-15,17,24,26H,8-9,12-13,16,18H2,1H3,(H,33,36)(H,34,40)/t26-/m1/s1. The molecule has 1 saturated heterocycles. The van der Waals surface area contributed by atoms with Crippen molar-refractivity contribution in [2.75, 3.05) is 18.4 Å². The van der Waals surface area contributed by atoms with Crippen molar-refractivity contribution in [2.45, 2.75) is 44.9 Å². The Balaban J connectivity index is 1.07. The third-order valence-corrected chi connectivity index (χ3v) is 8.15. The highest BCUT2D eigenvalue weighted by Gasteiger charge is 2.34. The van der Waals surface area contributed by atoms with Crippen LogP contribution in [-0.2, 0) is 17.7 Å². The van der Waals surface area contributed by atoms with Crippen molar-refractivity contribution in [3.8, 4) is 11.4 Å². The molecule has 0 bridgehead atoms. The van der Waals surface area contributed by atoms with Gasteiger partial charge < -0.3 is 24.4 Å². The van der Waals surface area contributed by atoms with Crippen molar-refractivity contribution < 1.29 is 18.8 Å². The number of amides is 3. The molecular formula is C31H30N8O4. The van der Waals surface area contributed by atoms with Crippen LogP contribution in [-0.4, -0.2) is 66.4 Å². The molecule has 2 aliphatic rings. The molecule has 12 nitrogen and oxygen atoms in total. The highest BCUT2D eigenvalue weighted by molar-refractivity contribution is 5.92. The van der Waals surface area contributed by atoms with Crippen LogP contribution in [0.4, 0.5) is 15.3 Å². The molecule has 3 aromatic heterocycles. The molecule has 0 spiro atoms. The number of urea groups is 1. The molecule has 1 atom stereocenters. The normalized spacial score (nSPS) is 16.2. The van der Waals surface area contributed by atoms with E-state index in [-0.39, 0.29) is 18.0 Å². The summed E-state index contributed by atoms with van der Waals surface area (Å²) in [5.74, 6) is 0.603. The second-order valence-electron chi connectivity index (χ2n) is 10.9. The summed E-state index contributed by atoms with van der Waals surface area (Å²) < 4.78 is 11.7. The van der Waals surface area contributed by atoms with E-state index in [0.29, 0.717) is 44.7 Å². The lowest BCUT2D eigenvalue weighted by Gasteiger charge is -2.40. The number of fused-ring (bicyclic) bond motifs is 2. The van der Waals surface area contributed by atoms with E-state index >= 15 is 0 Å². The number of carbonyl (C=O) groups is 2. The number of anilines is 1. The number of aromatic amines is 1.